The fourth-order valence-corrected chi connectivity index (χ4v) is 4.03. The third kappa shape index (κ3) is 3.37. The van der Waals surface area contributed by atoms with Crippen LogP contribution in [0, 0.1) is 6.92 Å². The lowest BCUT2D eigenvalue weighted by Gasteiger charge is -2.08. The maximum Gasteiger partial charge on any atom is 0.275 e. The molecule has 136 valence electrons. The number of amides is 1. The van der Waals surface area contributed by atoms with E-state index in [1.54, 1.807) is 25.1 Å². The molecule has 27 heavy (non-hydrogen) atoms. The van der Waals surface area contributed by atoms with E-state index in [-0.39, 0.29) is 11.3 Å². The Morgan fingerprint density at radius 2 is 1.85 bits per heavy atom. The van der Waals surface area contributed by atoms with Crippen molar-refractivity contribution in [2.45, 2.75) is 6.92 Å². The number of carbonyl (C=O) groups excluding carboxylic acids is 1. The highest BCUT2D eigenvalue weighted by molar-refractivity contribution is 7.22. The van der Waals surface area contributed by atoms with Crippen LogP contribution in [-0.2, 0) is 0 Å². The van der Waals surface area contributed by atoms with E-state index in [1.807, 2.05) is 24.3 Å². The lowest BCUT2D eigenvalue weighted by atomic mass is 10.1. The molecule has 2 heterocycles. The third-order valence-electron chi connectivity index (χ3n) is 3.87. The summed E-state index contributed by atoms with van der Waals surface area (Å²) in [6.45, 7) is 1.65. The van der Waals surface area contributed by atoms with E-state index in [0.29, 0.717) is 26.5 Å². The number of nitrogens with one attached hydrogen (secondary N) is 2. The minimum Gasteiger partial charge on any atom is -0.360 e. The van der Waals surface area contributed by atoms with E-state index < -0.39 is 5.91 Å². The molecule has 1 amide bonds. The fraction of sp³-hybridized carbons (Fsp3) is 0.0556. The Morgan fingerprint density at radius 1 is 1.11 bits per heavy atom. The molecule has 0 saturated carbocycles. The summed E-state index contributed by atoms with van der Waals surface area (Å²) < 4.78 is 6.23. The normalized spacial score (nSPS) is 10.9. The van der Waals surface area contributed by atoms with Gasteiger partial charge in [0, 0.05) is 5.56 Å². The maximum atomic E-state index is 12.7. The molecule has 2 aromatic carbocycles. The minimum atomic E-state index is -0.431. The second kappa shape index (κ2) is 7.19. The highest BCUT2D eigenvalue weighted by atomic mass is 35.5. The van der Waals surface area contributed by atoms with Crippen LogP contribution in [0.4, 0.5) is 5.13 Å². The second-order valence-electron chi connectivity index (χ2n) is 5.62. The number of carbonyl (C=O) groups is 1. The van der Waals surface area contributed by atoms with Crippen molar-refractivity contribution < 1.29 is 9.32 Å². The smallest absolute Gasteiger partial charge is 0.275 e. The highest BCUT2D eigenvalue weighted by Gasteiger charge is 2.25. The summed E-state index contributed by atoms with van der Waals surface area (Å²) >= 11 is 13.9. The van der Waals surface area contributed by atoms with Crippen molar-refractivity contribution >= 4 is 55.8 Å². The number of nitrogens with zero attached hydrogens (tertiary/aromatic N) is 2. The zero-order valence-corrected chi connectivity index (χ0v) is 16.2. The monoisotopic (exact) mass is 418 g/mol. The van der Waals surface area contributed by atoms with Crippen molar-refractivity contribution in [3.8, 4) is 11.3 Å². The molecule has 4 aromatic rings. The molecule has 0 aliphatic rings. The van der Waals surface area contributed by atoms with Gasteiger partial charge in [0.1, 0.15) is 17.0 Å². The van der Waals surface area contributed by atoms with E-state index in [9.17, 15) is 4.79 Å². The lowest BCUT2D eigenvalue weighted by molar-refractivity contribution is 0.0961. The third-order valence-corrected chi connectivity index (χ3v) is 5.45. The number of rotatable bonds is 4. The molecule has 0 spiro atoms. The summed E-state index contributed by atoms with van der Waals surface area (Å²) in [6, 6.07) is 12.8. The SMILES string of the molecule is Cc1onc(-c2c(Cl)cccc2Cl)c1C(=O)NNc1nc2ccccc2s1. The zero-order valence-electron chi connectivity index (χ0n) is 13.9. The Balaban J connectivity index is 1.62. The van der Waals surface area contributed by atoms with E-state index in [4.69, 9.17) is 27.7 Å². The van der Waals surface area contributed by atoms with Gasteiger partial charge in [-0.2, -0.15) is 0 Å². The maximum absolute atomic E-state index is 12.7. The van der Waals surface area contributed by atoms with Crippen LogP contribution in [-0.4, -0.2) is 16.0 Å². The highest BCUT2D eigenvalue weighted by Crippen LogP contribution is 2.36. The van der Waals surface area contributed by atoms with Crippen molar-refractivity contribution in [1.29, 1.82) is 0 Å². The van der Waals surface area contributed by atoms with Crippen LogP contribution in [0.1, 0.15) is 16.1 Å². The average molecular weight is 419 g/mol. The van der Waals surface area contributed by atoms with Crippen LogP contribution in [0.3, 0.4) is 0 Å². The predicted molar refractivity (Wildman–Crippen MR) is 107 cm³/mol. The Bertz CT molecular complexity index is 1100. The van der Waals surface area contributed by atoms with Crippen LogP contribution >= 0.6 is 34.5 Å². The Labute approximate surface area is 168 Å². The largest absolute Gasteiger partial charge is 0.360 e. The standard InChI is InChI=1S/C18H12Cl2N4O2S/c1-9-14(16(24-26-9)15-10(19)5-4-6-11(15)20)17(25)22-23-18-21-12-7-2-3-8-13(12)27-18/h2-8H,1H3,(H,21,23)(H,22,25). The van der Waals surface area contributed by atoms with Crippen LogP contribution < -0.4 is 10.9 Å². The van der Waals surface area contributed by atoms with Gasteiger partial charge in [-0.1, -0.05) is 57.9 Å². The first-order valence-corrected chi connectivity index (χ1v) is 9.44. The Kier molecular flexibility index (Phi) is 4.73. The molecule has 0 fully saturated rings. The first-order chi connectivity index (χ1) is 13.0. The minimum absolute atomic E-state index is 0.249. The van der Waals surface area contributed by atoms with Crippen LogP contribution in [0.15, 0.2) is 47.0 Å². The van der Waals surface area contributed by atoms with Crippen molar-refractivity contribution in [1.82, 2.24) is 15.6 Å². The summed E-state index contributed by atoms with van der Waals surface area (Å²) in [5, 5.41) is 5.30. The molecule has 0 atom stereocenters. The molecule has 2 aromatic heterocycles. The number of hydrogen-bond donors (Lipinski definition) is 2. The molecule has 6 nitrogen and oxygen atoms in total. The number of hydrogen-bond acceptors (Lipinski definition) is 6. The van der Waals surface area contributed by atoms with Gasteiger partial charge in [-0.15, -0.1) is 0 Å². The van der Waals surface area contributed by atoms with Crippen LogP contribution in [0.25, 0.3) is 21.5 Å². The number of thiazole rings is 1. The molecular formula is C18H12Cl2N4O2S. The molecule has 9 heteroatoms. The first-order valence-electron chi connectivity index (χ1n) is 7.87. The molecule has 0 bridgehead atoms. The van der Waals surface area contributed by atoms with Crippen molar-refractivity contribution in [2.75, 3.05) is 5.43 Å². The number of benzene rings is 2. The Morgan fingerprint density at radius 3 is 2.59 bits per heavy atom. The van der Waals surface area contributed by atoms with Crippen LogP contribution in [0.5, 0.6) is 0 Å². The quantitative estimate of drug-likeness (QED) is 0.438. The van der Waals surface area contributed by atoms with E-state index in [0.717, 1.165) is 10.2 Å². The van der Waals surface area contributed by atoms with Gasteiger partial charge in [-0.25, -0.2) is 4.98 Å². The van der Waals surface area contributed by atoms with E-state index in [1.165, 1.54) is 11.3 Å². The summed E-state index contributed by atoms with van der Waals surface area (Å²) in [7, 11) is 0. The van der Waals surface area contributed by atoms with Gasteiger partial charge in [0.2, 0.25) is 5.13 Å². The number of aromatic nitrogens is 2. The number of halogens is 2. The molecule has 2 N–H and O–H groups in total. The molecule has 0 aliphatic heterocycles. The lowest BCUT2D eigenvalue weighted by Crippen LogP contribution is -2.29. The van der Waals surface area contributed by atoms with Gasteiger partial charge in [-0.05, 0) is 31.2 Å². The molecular weight excluding hydrogens is 407 g/mol. The molecule has 0 unspecified atom stereocenters. The molecule has 0 aliphatic carbocycles. The number of anilines is 1. The van der Waals surface area contributed by atoms with Gasteiger partial charge in [-0.3, -0.25) is 15.6 Å². The van der Waals surface area contributed by atoms with Crippen LogP contribution in [0.2, 0.25) is 10.0 Å². The number of aryl methyl sites for hydroxylation is 1. The van der Waals surface area contributed by atoms with E-state index >= 15 is 0 Å². The van der Waals surface area contributed by atoms with Crippen molar-refractivity contribution in [2.24, 2.45) is 0 Å². The summed E-state index contributed by atoms with van der Waals surface area (Å²) in [4.78, 5) is 17.2. The van der Waals surface area contributed by atoms with Gasteiger partial charge in [0.05, 0.1) is 20.3 Å². The number of fused-ring (bicyclic) bond motifs is 1. The Hall–Kier alpha value is -2.61. The fourth-order valence-electron chi connectivity index (χ4n) is 2.63. The summed E-state index contributed by atoms with van der Waals surface area (Å²) in [5.74, 6) is -0.0800. The second-order valence-corrected chi connectivity index (χ2v) is 7.47. The number of hydrazine groups is 1. The van der Waals surface area contributed by atoms with E-state index in [2.05, 4.69) is 21.0 Å². The van der Waals surface area contributed by atoms with Gasteiger partial charge in [0.25, 0.3) is 5.91 Å². The van der Waals surface area contributed by atoms with Crippen molar-refractivity contribution in [3.63, 3.8) is 0 Å². The zero-order chi connectivity index (χ0) is 19.0. The van der Waals surface area contributed by atoms with Gasteiger partial charge < -0.3 is 4.52 Å². The molecule has 0 radical (unpaired) electrons. The number of para-hydroxylation sites is 1. The van der Waals surface area contributed by atoms with Gasteiger partial charge >= 0.3 is 0 Å². The predicted octanol–water partition coefficient (Wildman–Crippen LogP) is 5.32. The van der Waals surface area contributed by atoms with Crippen molar-refractivity contribution in [3.05, 3.63) is 63.8 Å². The molecule has 4 rings (SSSR count). The summed E-state index contributed by atoms with van der Waals surface area (Å²) in [5.41, 5.74) is 7.29. The first kappa shape index (κ1) is 17.8. The van der Waals surface area contributed by atoms with Gasteiger partial charge in [0.15, 0.2) is 0 Å². The topological polar surface area (TPSA) is 80.0 Å². The summed E-state index contributed by atoms with van der Waals surface area (Å²) in [6.07, 6.45) is 0. The average Bonchev–Trinajstić information content (AvgIpc) is 3.23. The molecule has 0 saturated heterocycles.